The van der Waals surface area contributed by atoms with Crippen molar-refractivity contribution in [2.45, 2.75) is 25.4 Å². The van der Waals surface area contributed by atoms with Crippen LogP contribution in [0, 0.1) is 0 Å². The molecule has 0 aliphatic carbocycles. The molecule has 1 saturated heterocycles. The highest BCUT2D eigenvalue weighted by Crippen LogP contribution is 2.28. The van der Waals surface area contributed by atoms with Gasteiger partial charge in [-0.25, -0.2) is 9.97 Å². The Morgan fingerprint density at radius 3 is 2.42 bits per heavy atom. The zero-order valence-electron chi connectivity index (χ0n) is 20.9. The SMILES string of the molecule is CN(C)Cc1ccc(-c2ccc3c(c2)ncn3-c2ccc3cc(N4CCC(N)CC4)ccc3n2)cc1. The van der Waals surface area contributed by atoms with Crippen LogP contribution in [0.25, 0.3) is 38.9 Å². The van der Waals surface area contributed by atoms with E-state index in [1.54, 1.807) is 0 Å². The topological polar surface area (TPSA) is 63.2 Å². The fourth-order valence-electron chi connectivity index (χ4n) is 5.13. The van der Waals surface area contributed by atoms with Gasteiger partial charge in [-0.3, -0.25) is 4.57 Å². The van der Waals surface area contributed by atoms with Crippen molar-refractivity contribution in [3.8, 4) is 16.9 Å². The summed E-state index contributed by atoms with van der Waals surface area (Å²) in [4.78, 5) is 14.3. The minimum Gasteiger partial charge on any atom is -0.371 e. The summed E-state index contributed by atoms with van der Waals surface area (Å²) in [6.07, 6.45) is 3.97. The molecular formula is C30H32N6. The molecular weight excluding hydrogens is 444 g/mol. The number of hydrogen-bond donors (Lipinski definition) is 1. The molecule has 0 unspecified atom stereocenters. The lowest BCUT2D eigenvalue weighted by Gasteiger charge is -2.32. The fraction of sp³-hybridized carbons (Fsp3) is 0.267. The van der Waals surface area contributed by atoms with E-state index in [0.717, 1.165) is 60.2 Å². The number of nitrogens with two attached hydrogens (primary N) is 1. The molecule has 0 amide bonds. The number of pyridine rings is 1. The quantitative estimate of drug-likeness (QED) is 0.376. The first-order valence-corrected chi connectivity index (χ1v) is 12.7. The minimum atomic E-state index is 0.334. The van der Waals surface area contributed by atoms with Crippen LogP contribution in [0.5, 0.6) is 0 Å². The van der Waals surface area contributed by atoms with Crippen LogP contribution in [0.3, 0.4) is 0 Å². The summed E-state index contributed by atoms with van der Waals surface area (Å²) >= 11 is 0. The highest BCUT2D eigenvalue weighted by molar-refractivity contribution is 5.86. The lowest BCUT2D eigenvalue weighted by Crippen LogP contribution is -2.39. The third kappa shape index (κ3) is 4.45. The van der Waals surface area contributed by atoms with Crippen LogP contribution < -0.4 is 10.6 Å². The summed E-state index contributed by atoms with van der Waals surface area (Å²) in [7, 11) is 4.18. The lowest BCUT2D eigenvalue weighted by molar-refractivity contribution is 0.402. The zero-order valence-corrected chi connectivity index (χ0v) is 20.9. The molecule has 36 heavy (non-hydrogen) atoms. The summed E-state index contributed by atoms with van der Waals surface area (Å²) in [6, 6.07) is 26.4. The molecule has 1 aliphatic heterocycles. The van der Waals surface area contributed by atoms with Gasteiger partial charge >= 0.3 is 0 Å². The van der Waals surface area contributed by atoms with Crippen LogP contribution in [-0.4, -0.2) is 52.7 Å². The Kier molecular flexibility index (Phi) is 5.91. The molecule has 0 bridgehead atoms. The Hall–Kier alpha value is -3.74. The number of aromatic nitrogens is 3. The van der Waals surface area contributed by atoms with Crippen LogP contribution in [-0.2, 0) is 6.54 Å². The van der Waals surface area contributed by atoms with Gasteiger partial charge in [0.2, 0.25) is 0 Å². The van der Waals surface area contributed by atoms with Crippen molar-refractivity contribution in [1.82, 2.24) is 19.4 Å². The van der Waals surface area contributed by atoms with Crippen LogP contribution in [0.2, 0.25) is 0 Å². The summed E-state index contributed by atoms with van der Waals surface area (Å²) in [5, 5.41) is 1.15. The number of fused-ring (bicyclic) bond motifs is 2. The summed E-state index contributed by atoms with van der Waals surface area (Å²) in [5.41, 5.74) is 14.0. The van der Waals surface area contributed by atoms with Crippen molar-refractivity contribution >= 4 is 27.6 Å². The molecule has 0 saturated carbocycles. The summed E-state index contributed by atoms with van der Waals surface area (Å²) < 4.78 is 2.07. The van der Waals surface area contributed by atoms with E-state index in [2.05, 4.69) is 101 Å². The van der Waals surface area contributed by atoms with Gasteiger partial charge in [0.15, 0.2) is 0 Å². The number of benzene rings is 3. The third-order valence-electron chi connectivity index (χ3n) is 7.14. The molecule has 3 aromatic carbocycles. The predicted octanol–water partition coefficient (Wildman–Crippen LogP) is 5.23. The Labute approximate surface area is 212 Å². The first kappa shape index (κ1) is 22.7. The second-order valence-electron chi connectivity index (χ2n) is 10.1. The third-order valence-corrected chi connectivity index (χ3v) is 7.14. The minimum absolute atomic E-state index is 0.334. The normalized spacial score (nSPS) is 14.8. The molecule has 6 rings (SSSR count). The standard InChI is InChI=1S/C30H32N6/c1-34(2)19-21-3-5-22(6-4-21)23-7-11-29-28(18-23)32-20-36(29)30-12-8-24-17-26(9-10-27(24)33-30)35-15-13-25(31)14-16-35/h3-12,17-18,20,25H,13-16,19,31H2,1-2H3. The largest absolute Gasteiger partial charge is 0.371 e. The Morgan fingerprint density at radius 2 is 1.64 bits per heavy atom. The molecule has 3 heterocycles. The van der Waals surface area contributed by atoms with Crippen molar-refractivity contribution in [2.24, 2.45) is 5.73 Å². The number of rotatable bonds is 5. The monoisotopic (exact) mass is 476 g/mol. The highest BCUT2D eigenvalue weighted by atomic mass is 15.1. The van der Waals surface area contributed by atoms with Gasteiger partial charge in [-0.05, 0) is 86.1 Å². The van der Waals surface area contributed by atoms with Gasteiger partial charge in [0.1, 0.15) is 12.1 Å². The Balaban J connectivity index is 1.27. The maximum atomic E-state index is 6.08. The fourth-order valence-corrected chi connectivity index (χ4v) is 5.13. The van der Waals surface area contributed by atoms with Gasteiger partial charge in [-0.2, -0.15) is 0 Å². The summed E-state index contributed by atoms with van der Waals surface area (Å²) in [6.45, 7) is 2.97. The van der Waals surface area contributed by atoms with Crippen LogP contribution in [0.15, 0.2) is 79.1 Å². The van der Waals surface area contributed by atoms with Crippen LogP contribution in [0.4, 0.5) is 5.69 Å². The maximum absolute atomic E-state index is 6.08. The molecule has 2 N–H and O–H groups in total. The van der Waals surface area contributed by atoms with E-state index >= 15 is 0 Å². The molecule has 0 atom stereocenters. The second kappa shape index (κ2) is 9.37. The van der Waals surface area contributed by atoms with Gasteiger partial charge in [0, 0.05) is 36.7 Å². The lowest BCUT2D eigenvalue weighted by atomic mass is 10.0. The van der Waals surface area contributed by atoms with E-state index in [9.17, 15) is 0 Å². The van der Waals surface area contributed by atoms with Crippen molar-refractivity contribution < 1.29 is 0 Å². The molecule has 2 aromatic heterocycles. The number of piperidine rings is 1. The number of nitrogens with zero attached hydrogens (tertiary/aromatic N) is 5. The van der Waals surface area contributed by atoms with E-state index in [1.807, 2.05) is 6.33 Å². The van der Waals surface area contributed by atoms with E-state index in [0.29, 0.717) is 6.04 Å². The van der Waals surface area contributed by atoms with E-state index in [1.165, 1.54) is 22.4 Å². The van der Waals surface area contributed by atoms with E-state index in [-0.39, 0.29) is 0 Å². The first-order chi connectivity index (χ1) is 17.5. The van der Waals surface area contributed by atoms with Crippen molar-refractivity contribution in [3.63, 3.8) is 0 Å². The Bertz CT molecular complexity index is 1510. The first-order valence-electron chi connectivity index (χ1n) is 12.7. The van der Waals surface area contributed by atoms with E-state index in [4.69, 9.17) is 15.7 Å². The van der Waals surface area contributed by atoms with Crippen molar-refractivity contribution in [3.05, 3.63) is 84.7 Å². The Morgan fingerprint density at radius 1 is 0.861 bits per heavy atom. The molecule has 182 valence electrons. The maximum Gasteiger partial charge on any atom is 0.139 e. The van der Waals surface area contributed by atoms with Gasteiger partial charge in [0.25, 0.3) is 0 Å². The van der Waals surface area contributed by atoms with Gasteiger partial charge < -0.3 is 15.5 Å². The van der Waals surface area contributed by atoms with E-state index < -0.39 is 0 Å². The zero-order chi connectivity index (χ0) is 24.6. The van der Waals surface area contributed by atoms with Gasteiger partial charge in [-0.1, -0.05) is 30.3 Å². The molecule has 6 heteroatoms. The van der Waals surface area contributed by atoms with Gasteiger partial charge in [0.05, 0.1) is 16.6 Å². The molecule has 0 spiro atoms. The average Bonchev–Trinajstić information content (AvgIpc) is 3.32. The smallest absolute Gasteiger partial charge is 0.139 e. The molecule has 5 aromatic rings. The van der Waals surface area contributed by atoms with Crippen molar-refractivity contribution in [1.29, 1.82) is 0 Å². The summed E-state index contributed by atoms with van der Waals surface area (Å²) in [5.74, 6) is 0.877. The number of anilines is 1. The van der Waals surface area contributed by atoms with Crippen LogP contribution >= 0.6 is 0 Å². The predicted molar refractivity (Wildman–Crippen MR) is 149 cm³/mol. The van der Waals surface area contributed by atoms with Crippen molar-refractivity contribution in [2.75, 3.05) is 32.1 Å². The molecule has 1 aliphatic rings. The highest BCUT2D eigenvalue weighted by Gasteiger charge is 2.17. The second-order valence-corrected chi connectivity index (χ2v) is 10.1. The number of imidazole rings is 1. The number of hydrogen-bond acceptors (Lipinski definition) is 5. The van der Waals surface area contributed by atoms with Crippen LogP contribution in [0.1, 0.15) is 18.4 Å². The molecule has 0 radical (unpaired) electrons. The molecule has 6 nitrogen and oxygen atoms in total. The average molecular weight is 477 g/mol. The van der Waals surface area contributed by atoms with Gasteiger partial charge in [-0.15, -0.1) is 0 Å². The molecule has 1 fully saturated rings.